The van der Waals surface area contributed by atoms with Gasteiger partial charge < -0.3 is 4.42 Å². The Morgan fingerprint density at radius 3 is 2.56 bits per heavy atom. The van der Waals surface area contributed by atoms with E-state index in [1.807, 2.05) is 19.1 Å². The molecule has 0 saturated carbocycles. The number of furan rings is 1. The zero-order valence-corrected chi connectivity index (χ0v) is 22.0. The van der Waals surface area contributed by atoms with E-state index >= 15 is 0 Å². The zero-order chi connectivity index (χ0) is 29.9. The SMILES string of the molecule is [2H]C([2H])([2H])c1c[n+](C)c(-c2c(C)ccc3c2oc2nc4c(cc23)C(C)(C)c2ccccc2-4)cc1C([2H])([2H])C(C)(C)C. The summed E-state index contributed by atoms with van der Waals surface area (Å²) in [6.45, 7) is 9.33. The van der Waals surface area contributed by atoms with Gasteiger partial charge in [-0.25, -0.2) is 9.55 Å². The number of fused-ring (bicyclic) bond motifs is 6. The number of hydrogen-bond donors (Lipinski definition) is 0. The molecule has 0 fully saturated rings. The number of benzene rings is 2. The van der Waals surface area contributed by atoms with Gasteiger partial charge >= 0.3 is 0 Å². The lowest BCUT2D eigenvalue weighted by atomic mass is 9.82. The number of aryl methyl sites for hydroxylation is 3. The summed E-state index contributed by atoms with van der Waals surface area (Å²) in [6, 6.07) is 16.4. The molecule has 0 amide bonds. The van der Waals surface area contributed by atoms with Crippen LogP contribution in [0.1, 0.15) is 69.3 Å². The summed E-state index contributed by atoms with van der Waals surface area (Å²) in [6.07, 6.45) is -0.356. The Morgan fingerprint density at radius 2 is 1.81 bits per heavy atom. The van der Waals surface area contributed by atoms with E-state index in [-0.39, 0.29) is 16.5 Å². The fraction of sp³-hybridized carbons (Fsp3) is 0.333. The molecule has 0 N–H and O–H groups in total. The summed E-state index contributed by atoms with van der Waals surface area (Å²) in [5, 5.41) is 1.84. The quantitative estimate of drug-likeness (QED) is 0.240. The van der Waals surface area contributed by atoms with Gasteiger partial charge in [0.1, 0.15) is 7.05 Å². The predicted molar refractivity (Wildman–Crippen MR) is 148 cm³/mol. The maximum Gasteiger partial charge on any atom is 0.227 e. The van der Waals surface area contributed by atoms with E-state index in [1.165, 1.54) is 5.56 Å². The number of aromatic nitrogens is 2. The van der Waals surface area contributed by atoms with Crippen LogP contribution in [0, 0.1) is 19.2 Å². The minimum absolute atomic E-state index is 0.0112. The first-order chi connectivity index (χ1) is 18.9. The molecule has 6 rings (SSSR count). The van der Waals surface area contributed by atoms with Crippen molar-refractivity contribution in [2.45, 2.75) is 60.2 Å². The van der Waals surface area contributed by atoms with Crippen molar-refractivity contribution < 1.29 is 15.8 Å². The van der Waals surface area contributed by atoms with Crippen LogP contribution in [0.4, 0.5) is 0 Å². The average molecular weight is 481 g/mol. The lowest BCUT2D eigenvalue weighted by Crippen LogP contribution is -2.32. The van der Waals surface area contributed by atoms with Gasteiger partial charge in [-0.2, -0.15) is 0 Å². The van der Waals surface area contributed by atoms with Crippen LogP contribution >= 0.6 is 0 Å². The van der Waals surface area contributed by atoms with Crippen molar-refractivity contribution in [3.63, 3.8) is 0 Å². The molecule has 3 heterocycles. The Morgan fingerprint density at radius 1 is 1.03 bits per heavy atom. The Bertz CT molecular complexity index is 1890. The van der Waals surface area contributed by atoms with Crippen LogP contribution in [0.2, 0.25) is 0 Å². The summed E-state index contributed by atoms with van der Waals surface area (Å²) in [5.41, 5.74) is 7.22. The largest absolute Gasteiger partial charge is 0.437 e. The van der Waals surface area contributed by atoms with Crippen LogP contribution in [0.15, 0.2) is 59.1 Å². The highest BCUT2D eigenvalue weighted by Crippen LogP contribution is 2.49. The van der Waals surface area contributed by atoms with Gasteiger partial charge in [0.05, 0.1) is 11.3 Å². The standard InChI is InChI=1S/C33H35N2O/c1-19-13-14-22-24-16-26-29(23-11-9-10-12-25(23)33(26,6)7)34-31(24)36-30(22)28(19)27-15-21(17-32(3,4)5)20(2)18-35(27)8/h9-16,18H,17H2,1-8H3/q+1/i2D3,17D2. The Kier molecular flexibility index (Phi) is 3.74. The third kappa shape index (κ3) is 3.32. The fourth-order valence-corrected chi connectivity index (χ4v) is 5.65. The molecular formula is C33H35N2O+. The van der Waals surface area contributed by atoms with Gasteiger partial charge in [-0.15, -0.1) is 0 Å². The molecule has 3 heteroatoms. The molecule has 1 aliphatic rings. The molecule has 0 atom stereocenters. The van der Waals surface area contributed by atoms with Gasteiger partial charge in [0, 0.05) is 40.2 Å². The summed E-state index contributed by atoms with van der Waals surface area (Å²) >= 11 is 0. The average Bonchev–Trinajstić information content (AvgIpc) is 3.34. The number of rotatable bonds is 2. The van der Waals surface area contributed by atoms with E-state index in [2.05, 4.69) is 44.2 Å². The van der Waals surface area contributed by atoms with Crippen LogP contribution in [0.3, 0.4) is 0 Å². The summed E-state index contributed by atoms with van der Waals surface area (Å²) in [4.78, 5) is 5.04. The molecule has 2 aromatic carbocycles. The van der Waals surface area contributed by atoms with Crippen LogP contribution in [0.5, 0.6) is 0 Å². The van der Waals surface area contributed by atoms with Crippen molar-refractivity contribution in [2.24, 2.45) is 12.5 Å². The number of pyridine rings is 2. The van der Waals surface area contributed by atoms with Crippen molar-refractivity contribution in [1.82, 2.24) is 4.98 Å². The van der Waals surface area contributed by atoms with Gasteiger partial charge in [0.25, 0.3) is 0 Å². The summed E-state index contributed by atoms with van der Waals surface area (Å²) in [7, 11) is 1.80. The Balaban J connectivity index is 1.66. The van der Waals surface area contributed by atoms with E-state index in [0.29, 0.717) is 17.0 Å². The number of hydrogen-bond acceptors (Lipinski definition) is 2. The van der Waals surface area contributed by atoms with E-state index in [1.54, 1.807) is 44.6 Å². The van der Waals surface area contributed by atoms with Gasteiger partial charge in [0.15, 0.2) is 11.8 Å². The minimum atomic E-state index is -2.47. The molecule has 1 aliphatic carbocycles. The van der Waals surface area contributed by atoms with Gasteiger partial charge in [-0.05, 0) is 53.9 Å². The van der Waals surface area contributed by atoms with Gasteiger partial charge in [-0.3, -0.25) is 0 Å². The van der Waals surface area contributed by atoms with Crippen LogP contribution in [0.25, 0.3) is 44.6 Å². The van der Waals surface area contributed by atoms with Crippen molar-refractivity contribution in [3.8, 4) is 22.5 Å². The van der Waals surface area contributed by atoms with Crippen molar-refractivity contribution in [2.75, 3.05) is 0 Å². The first-order valence-corrected chi connectivity index (χ1v) is 12.5. The summed E-state index contributed by atoms with van der Waals surface area (Å²) < 4.78 is 50.9. The second kappa shape index (κ2) is 7.52. The van der Waals surface area contributed by atoms with E-state index in [0.717, 1.165) is 38.7 Å². The maximum absolute atomic E-state index is 9.02. The molecule has 0 unspecified atom stereocenters. The van der Waals surface area contributed by atoms with Crippen molar-refractivity contribution in [1.29, 1.82) is 0 Å². The molecule has 0 aliphatic heterocycles. The van der Waals surface area contributed by atoms with Crippen LogP contribution in [-0.2, 0) is 18.8 Å². The topological polar surface area (TPSA) is 29.9 Å². The molecule has 182 valence electrons. The Labute approximate surface area is 220 Å². The first-order valence-electron chi connectivity index (χ1n) is 15.0. The molecular weight excluding hydrogens is 440 g/mol. The fourth-order valence-electron chi connectivity index (χ4n) is 5.65. The molecule has 0 radical (unpaired) electrons. The normalized spacial score (nSPS) is 17.2. The second-order valence-corrected chi connectivity index (χ2v) is 11.6. The lowest BCUT2D eigenvalue weighted by Gasteiger charge is -2.20. The minimum Gasteiger partial charge on any atom is -0.437 e. The summed E-state index contributed by atoms with van der Waals surface area (Å²) in [5.74, 6) is 0. The highest BCUT2D eigenvalue weighted by Gasteiger charge is 2.37. The third-order valence-electron chi connectivity index (χ3n) is 7.41. The van der Waals surface area contributed by atoms with E-state index in [9.17, 15) is 0 Å². The second-order valence-electron chi connectivity index (χ2n) is 11.6. The van der Waals surface area contributed by atoms with Crippen LogP contribution < -0.4 is 4.57 Å². The molecule has 0 spiro atoms. The molecule has 5 aromatic rings. The molecule has 3 nitrogen and oxygen atoms in total. The number of nitrogens with zero attached hydrogens (tertiary/aromatic N) is 2. The Hall–Kier alpha value is -3.46. The van der Waals surface area contributed by atoms with E-state index in [4.69, 9.17) is 16.3 Å². The lowest BCUT2D eigenvalue weighted by molar-refractivity contribution is -0.660. The molecule has 0 saturated heterocycles. The highest BCUT2D eigenvalue weighted by molar-refractivity contribution is 6.10. The molecule has 0 bridgehead atoms. The molecule has 36 heavy (non-hydrogen) atoms. The molecule has 3 aromatic heterocycles. The third-order valence-corrected chi connectivity index (χ3v) is 7.41. The predicted octanol–water partition coefficient (Wildman–Crippen LogP) is 7.98. The first kappa shape index (κ1) is 17.9. The van der Waals surface area contributed by atoms with Gasteiger partial charge in [-0.1, -0.05) is 71.0 Å². The van der Waals surface area contributed by atoms with Gasteiger partial charge in [0.2, 0.25) is 11.4 Å². The van der Waals surface area contributed by atoms with Crippen molar-refractivity contribution in [3.05, 3.63) is 82.5 Å². The van der Waals surface area contributed by atoms with Crippen molar-refractivity contribution >= 4 is 22.1 Å². The van der Waals surface area contributed by atoms with E-state index < -0.39 is 18.6 Å². The monoisotopic (exact) mass is 480 g/mol. The smallest absolute Gasteiger partial charge is 0.227 e. The zero-order valence-electron chi connectivity index (χ0n) is 27.0. The van der Waals surface area contributed by atoms with Crippen LogP contribution in [-0.4, -0.2) is 4.98 Å². The highest BCUT2D eigenvalue weighted by atomic mass is 16.3. The maximum atomic E-state index is 9.02.